The minimum atomic E-state index is -1.15. The molecule has 6 heteroatoms. The van der Waals surface area contributed by atoms with Crippen molar-refractivity contribution in [2.75, 3.05) is 14.2 Å². The van der Waals surface area contributed by atoms with Gasteiger partial charge in [0.25, 0.3) is 0 Å². The van der Waals surface area contributed by atoms with E-state index in [-0.39, 0.29) is 6.42 Å². The summed E-state index contributed by atoms with van der Waals surface area (Å²) in [7, 11) is 2.46. The quantitative estimate of drug-likeness (QED) is 0.567. The van der Waals surface area contributed by atoms with Crippen LogP contribution in [0.2, 0.25) is 0 Å². The molecule has 0 aromatic carbocycles. The van der Waals surface area contributed by atoms with Gasteiger partial charge in [-0.3, -0.25) is 4.79 Å². The molecule has 0 radical (unpaired) electrons. The maximum Gasteiger partial charge on any atom is 0.334 e. The van der Waals surface area contributed by atoms with Gasteiger partial charge >= 0.3 is 11.9 Å². The molecule has 0 aliphatic rings. The Labute approximate surface area is 88.3 Å². The summed E-state index contributed by atoms with van der Waals surface area (Å²) in [5, 5.41) is 9.19. The van der Waals surface area contributed by atoms with Gasteiger partial charge in [-0.1, -0.05) is 0 Å². The Morgan fingerprint density at radius 2 is 1.73 bits per heavy atom. The molecule has 0 rings (SSSR count). The highest BCUT2D eigenvalue weighted by Crippen LogP contribution is 2.05. The average Bonchev–Trinajstić information content (AvgIpc) is 2.26. The standard InChI is InChI=1S/C9H17NO5/c1-14-8(12)6(10)4-3-5-7(11)9(13)15-2/h6-7,11H,3-5,10H2,1-2H3. The Balaban J connectivity index is 3.70. The Morgan fingerprint density at radius 3 is 2.20 bits per heavy atom. The maximum atomic E-state index is 10.9. The van der Waals surface area contributed by atoms with Crippen molar-refractivity contribution in [3.8, 4) is 0 Å². The van der Waals surface area contributed by atoms with Gasteiger partial charge < -0.3 is 20.3 Å². The molecule has 0 aromatic heterocycles. The Kier molecular flexibility index (Phi) is 6.64. The summed E-state index contributed by atoms with van der Waals surface area (Å²) in [5.41, 5.74) is 5.45. The summed E-state index contributed by atoms with van der Waals surface area (Å²) >= 11 is 0. The zero-order valence-corrected chi connectivity index (χ0v) is 8.93. The van der Waals surface area contributed by atoms with E-state index in [4.69, 9.17) is 5.73 Å². The predicted octanol–water partition coefficient (Wildman–Crippen LogP) is -0.809. The lowest BCUT2D eigenvalue weighted by Gasteiger charge is -2.10. The van der Waals surface area contributed by atoms with Crippen molar-refractivity contribution in [3.63, 3.8) is 0 Å². The zero-order valence-electron chi connectivity index (χ0n) is 8.93. The van der Waals surface area contributed by atoms with E-state index >= 15 is 0 Å². The lowest BCUT2D eigenvalue weighted by atomic mass is 10.1. The largest absolute Gasteiger partial charge is 0.468 e. The Bertz CT molecular complexity index is 197. The van der Waals surface area contributed by atoms with Gasteiger partial charge in [0.2, 0.25) is 0 Å². The van der Waals surface area contributed by atoms with Crippen molar-refractivity contribution in [2.45, 2.75) is 31.4 Å². The second-order valence-electron chi connectivity index (χ2n) is 3.10. The van der Waals surface area contributed by atoms with E-state index in [2.05, 4.69) is 9.47 Å². The number of hydrogen-bond acceptors (Lipinski definition) is 6. The van der Waals surface area contributed by atoms with Crippen molar-refractivity contribution in [2.24, 2.45) is 5.73 Å². The molecule has 0 amide bonds. The van der Waals surface area contributed by atoms with Gasteiger partial charge in [-0.25, -0.2) is 4.79 Å². The fourth-order valence-electron chi connectivity index (χ4n) is 1.05. The van der Waals surface area contributed by atoms with Crippen molar-refractivity contribution in [1.82, 2.24) is 0 Å². The lowest BCUT2D eigenvalue weighted by molar-refractivity contribution is -0.150. The van der Waals surface area contributed by atoms with Crippen molar-refractivity contribution >= 4 is 11.9 Å². The van der Waals surface area contributed by atoms with Gasteiger partial charge in [-0.15, -0.1) is 0 Å². The molecule has 0 saturated heterocycles. The third-order valence-corrected chi connectivity index (χ3v) is 1.97. The molecule has 88 valence electrons. The Morgan fingerprint density at radius 1 is 1.20 bits per heavy atom. The van der Waals surface area contributed by atoms with Crippen LogP contribution in [0.3, 0.4) is 0 Å². The van der Waals surface area contributed by atoms with E-state index < -0.39 is 24.1 Å². The van der Waals surface area contributed by atoms with Crippen LogP contribution in [0.15, 0.2) is 0 Å². The average molecular weight is 219 g/mol. The molecule has 15 heavy (non-hydrogen) atoms. The van der Waals surface area contributed by atoms with E-state index in [1.165, 1.54) is 14.2 Å². The number of esters is 2. The first-order valence-corrected chi connectivity index (χ1v) is 4.62. The summed E-state index contributed by atoms with van der Waals surface area (Å²) < 4.78 is 8.75. The fourth-order valence-corrected chi connectivity index (χ4v) is 1.05. The second-order valence-corrected chi connectivity index (χ2v) is 3.10. The van der Waals surface area contributed by atoms with Crippen molar-refractivity contribution in [1.29, 1.82) is 0 Å². The number of ether oxygens (including phenoxy) is 2. The van der Waals surface area contributed by atoms with Crippen LogP contribution in [-0.2, 0) is 19.1 Å². The molecular weight excluding hydrogens is 202 g/mol. The normalized spacial score (nSPS) is 14.1. The van der Waals surface area contributed by atoms with Gasteiger partial charge in [0.15, 0.2) is 6.10 Å². The molecule has 0 aromatic rings. The number of carbonyl (C=O) groups excluding carboxylic acids is 2. The SMILES string of the molecule is COC(=O)C(N)CCCC(O)C(=O)OC. The smallest absolute Gasteiger partial charge is 0.334 e. The molecule has 2 unspecified atom stereocenters. The van der Waals surface area contributed by atoms with E-state index in [0.29, 0.717) is 12.8 Å². The monoisotopic (exact) mass is 219 g/mol. The molecule has 0 saturated carbocycles. The molecule has 0 fully saturated rings. The molecular formula is C9H17NO5. The van der Waals surface area contributed by atoms with Gasteiger partial charge in [0.05, 0.1) is 14.2 Å². The van der Waals surface area contributed by atoms with Crippen molar-refractivity contribution in [3.05, 3.63) is 0 Å². The van der Waals surface area contributed by atoms with E-state index in [9.17, 15) is 14.7 Å². The van der Waals surface area contributed by atoms with Crippen LogP contribution in [0.1, 0.15) is 19.3 Å². The van der Waals surface area contributed by atoms with Gasteiger partial charge in [-0.2, -0.15) is 0 Å². The molecule has 0 aliphatic carbocycles. The summed E-state index contributed by atoms with van der Waals surface area (Å²) in [6, 6.07) is -0.708. The third-order valence-electron chi connectivity index (χ3n) is 1.97. The number of hydrogen-bond donors (Lipinski definition) is 2. The van der Waals surface area contributed by atoms with E-state index in [1.807, 2.05) is 0 Å². The molecule has 2 atom stereocenters. The minimum absolute atomic E-state index is 0.220. The zero-order chi connectivity index (χ0) is 11.8. The maximum absolute atomic E-state index is 10.9. The summed E-state index contributed by atoms with van der Waals surface area (Å²) in [4.78, 5) is 21.7. The van der Waals surface area contributed by atoms with Crippen LogP contribution in [-0.4, -0.2) is 43.4 Å². The van der Waals surface area contributed by atoms with Crippen LogP contribution in [0.5, 0.6) is 0 Å². The third kappa shape index (κ3) is 5.34. The highest BCUT2D eigenvalue weighted by atomic mass is 16.5. The molecule has 0 aliphatic heterocycles. The van der Waals surface area contributed by atoms with E-state index in [1.54, 1.807) is 0 Å². The number of nitrogens with two attached hydrogens (primary N) is 1. The molecule has 0 bridgehead atoms. The topological polar surface area (TPSA) is 98.9 Å². The number of rotatable bonds is 6. The van der Waals surface area contributed by atoms with Crippen LogP contribution in [0, 0.1) is 0 Å². The molecule has 6 nitrogen and oxygen atoms in total. The summed E-state index contributed by atoms with van der Waals surface area (Å²) in [5.74, 6) is -1.18. The van der Waals surface area contributed by atoms with Crippen molar-refractivity contribution < 1.29 is 24.2 Å². The van der Waals surface area contributed by atoms with Crippen LogP contribution in [0.25, 0.3) is 0 Å². The number of methoxy groups -OCH3 is 2. The summed E-state index contributed by atoms with van der Waals surface area (Å²) in [6.07, 6.45) is -0.121. The van der Waals surface area contributed by atoms with Gasteiger partial charge in [0, 0.05) is 0 Å². The molecule has 3 N–H and O–H groups in total. The van der Waals surface area contributed by atoms with Crippen LogP contribution >= 0.6 is 0 Å². The van der Waals surface area contributed by atoms with Crippen LogP contribution in [0.4, 0.5) is 0 Å². The highest BCUT2D eigenvalue weighted by molar-refractivity contribution is 5.75. The second kappa shape index (κ2) is 7.19. The first kappa shape index (κ1) is 13.9. The Hall–Kier alpha value is -1.14. The highest BCUT2D eigenvalue weighted by Gasteiger charge is 2.17. The first-order chi connectivity index (χ1) is 7.02. The summed E-state index contributed by atoms with van der Waals surface area (Å²) in [6.45, 7) is 0. The van der Waals surface area contributed by atoms with E-state index in [0.717, 1.165) is 0 Å². The number of aliphatic hydroxyl groups is 1. The molecule has 0 spiro atoms. The lowest BCUT2D eigenvalue weighted by Crippen LogP contribution is -2.32. The number of aliphatic hydroxyl groups excluding tert-OH is 1. The van der Waals surface area contributed by atoms with Crippen LogP contribution < -0.4 is 5.73 Å². The van der Waals surface area contributed by atoms with Gasteiger partial charge in [0.1, 0.15) is 6.04 Å². The molecule has 0 heterocycles. The number of carbonyl (C=O) groups is 2. The minimum Gasteiger partial charge on any atom is -0.468 e. The van der Waals surface area contributed by atoms with Gasteiger partial charge in [-0.05, 0) is 19.3 Å². The fraction of sp³-hybridized carbons (Fsp3) is 0.778. The predicted molar refractivity (Wildman–Crippen MR) is 51.9 cm³/mol. The first-order valence-electron chi connectivity index (χ1n) is 4.62.